The predicted molar refractivity (Wildman–Crippen MR) is 153 cm³/mol. The summed E-state index contributed by atoms with van der Waals surface area (Å²) in [5.41, 5.74) is 9.20. The number of aromatic nitrogens is 1. The molecule has 35 heavy (non-hydrogen) atoms. The maximum Gasteiger partial charge on any atom is 0.217 e. The van der Waals surface area contributed by atoms with E-state index in [0.717, 1.165) is 50.1 Å². The van der Waals surface area contributed by atoms with Gasteiger partial charge in [-0.2, -0.15) is 4.98 Å². The fraction of sp³-hybridized carbons (Fsp3) is 0.500. The summed E-state index contributed by atoms with van der Waals surface area (Å²) in [6.45, 7) is 19.5. The van der Waals surface area contributed by atoms with Gasteiger partial charge < -0.3 is 26.1 Å². The molecule has 0 aliphatic carbocycles. The van der Waals surface area contributed by atoms with Crippen LogP contribution in [0.3, 0.4) is 0 Å². The Balaban J connectivity index is 0.000000870. The molecule has 0 fully saturated rings. The minimum absolute atomic E-state index is 0.205. The van der Waals surface area contributed by atoms with Crippen LogP contribution in [-0.2, 0) is 0 Å². The lowest BCUT2D eigenvalue weighted by atomic mass is 10.2. The first-order valence-electron chi connectivity index (χ1n) is 12.8. The summed E-state index contributed by atoms with van der Waals surface area (Å²) >= 11 is 0. The topological polar surface area (TPSA) is 99.3 Å². The van der Waals surface area contributed by atoms with Gasteiger partial charge in [-0.3, -0.25) is 5.32 Å². The molecule has 7 heteroatoms. The summed E-state index contributed by atoms with van der Waals surface area (Å²) < 4.78 is 5.78. The molecule has 2 aromatic rings. The van der Waals surface area contributed by atoms with Gasteiger partial charge in [0.15, 0.2) is 0 Å². The molecule has 1 aromatic heterocycles. The maximum atomic E-state index is 6.92. The number of nitrogens with zero attached hydrogens (tertiary/aromatic N) is 2. The highest BCUT2D eigenvalue weighted by Crippen LogP contribution is 2.23. The van der Waals surface area contributed by atoms with Crippen molar-refractivity contribution in [1.82, 2.24) is 15.6 Å². The number of pyridine rings is 1. The Morgan fingerprint density at radius 3 is 2.40 bits per heavy atom. The molecule has 196 valence electrons. The summed E-state index contributed by atoms with van der Waals surface area (Å²) in [4.78, 5) is 6.61. The van der Waals surface area contributed by atoms with E-state index in [1.54, 1.807) is 6.20 Å². The third-order valence-corrected chi connectivity index (χ3v) is 4.76. The molecule has 0 spiro atoms. The number of anilines is 2. The van der Waals surface area contributed by atoms with Crippen LogP contribution in [-0.4, -0.2) is 43.6 Å². The second-order valence-corrected chi connectivity index (χ2v) is 7.88. The fourth-order valence-electron chi connectivity index (χ4n) is 3.24. The summed E-state index contributed by atoms with van der Waals surface area (Å²) in [5, 5.41) is 13.3. The summed E-state index contributed by atoms with van der Waals surface area (Å²) in [7, 11) is 0. The quantitative estimate of drug-likeness (QED) is 0.155. The van der Waals surface area contributed by atoms with Crippen LogP contribution in [0.1, 0.15) is 65.0 Å². The molecular weight excluding hydrogens is 436 g/mol. The van der Waals surface area contributed by atoms with Gasteiger partial charge in [-0.15, -0.1) is 0 Å². The maximum absolute atomic E-state index is 6.92. The van der Waals surface area contributed by atoms with Gasteiger partial charge in [0.1, 0.15) is 5.82 Å². The van der Waals surface area contributed by atoms with E-state index in [4.69, 9.17) is 15.9 Å². The van der Waals surface area contributed by atoms with Gasteiger partial charge in [-0.25, -0.2) is 0 Å². The average molecular weight is 485 g/mol. The van der Waals surface area contributed by atoms with E-state index in [0.29, 0.717) is 18.3 Å². The lowest BCUT2D eigenvalue weighted by Gasteiger charge is -2.24. The van der Waals surface area contributed by atoms with Crippen LogP contribution >= 0.6 is 0 Å². The Morgan fingerprint density at radius 1 is 1.17 bits per heavy atom. The minimum atomic E-state index is 0.205. The van der Waals surface area contributed by atoms with Crippen molar-refractivity contribution in [2.24, 2.45) is 0 Å². The van der Waals surface area contributed by atoms with Crippen molar-refractivity contribution >= 4 is 17.7 Å². The third kappa shape index (κ3) is 14.7. The Kier molecular flexibility index (Phi) is 18.5. The lowest BCUT2D eigenvalue weighted by molar-refractivity contribution is 0.294. The van der Waals surface area contributed by atoms with Crippen molar-refractivity contribution in [3.05, 3.63) is 60.3 Å². The standard InChI is InChI=1S/C18H33N5O.C8H9N.C2H6/c1-5-10-23(11-6-2)16-13-17(19)22-18(14-16)24-12-8-9-21-15(4)20-7-3;1-7-3-2-4-8(5-7)6-9;1-2/h7,13-15,20-21H,3,5-6,8-12H2,1-2,4H3,(H2,19,22);2-6,9H,1H3;1-2H3. The van der Waals surface area contributed by atoms with Gasteiger partial charge >= 0.3 is 0 Å². The molecule has 0 saturated carbocycles. The van der Waals surface area contributed by atoms with Crippen molar-refractivity contribution in [1.29, 1.82) is 5.41 Å². The Bertz CT molecular complexity index is 821. The van der Waals surface area contributed by atoms with Crippen molar-refractivity contribution in [2.45, 2.75) is 67.0 Å². The molecule has 1 unspecified atom stereocenters. The fourth-order valence-corrected chi connectivity index (χ4v) is 3.24. The monoisotopic (exact) mass is 484 g/mol. The molecule has 0 saturated heterocycles. The number of hydrogen-bond donors (Lipinski definition) is 4. The largest absolute Gasteiger partial charge is 0.478 e. The number of benzene rings is 1. The van der Waals surface area contributed by atoms with Gasteiger partial charge in [-0.1, -0.05) is 64.1 Å². The number of hydrogen-bond acceptors (Lipinski definition) is 7. The Morgan fingerprint density at radius 2 is 1.86 bits per heavy atom. The second kappa shape index (κ2) is 20.3. The summed E-state index contributed by atoms with van der Waals surface area (Å²) in [6, 6.07) is 11.8. The first-order chi connectivity index (χ1) is 16.9. The van der Waals surface area contributed by atoms with Crippen LogP contribution in [0.15, 0.2) is 49.2 Å². The molecule has 0 aliphatic rings. The van der Waals surface area contributed by atoms with Crippen molar-refractivity contribution in [3.63, 3.8) is 0 Å². The number of nitrogens with one attached hydrogen (secondary N) is 3. The van der Waals surface area contributed by atoms with Crippen molar-refractivity contribution < 1.29 is 4.74 Å². The van der Waals surface area contributed by atoms with E-state index >= 15 is 0 Å². The van der Waals surface area contributed by atoms with Crippen LogP contribution in [0.5, 0.6) is 5.88 Å². The van der Waals surface area contributed by atoms with Gasteiger partial charge in [0.2, 0.25) is 5.88 Å². The zero-order valence-corrected chi connectivity index (χ0v) is 22.7. The Labute approximate surface area is 213 Å². The average Bonchev–Trinajstić information content (AvgIpc) is 2.85. The number of aryl methyl sites for hydroxylation is 1. The molecular formula is C28H48N6O. The zero-order chi connectivity index (χ0) is 26.5. The minimum Gasteiger partial charge on any atom is -0.478 e. The zero-order valence-electron chi connectivity index (χ0n) is 22.7. The van der Waals surface area contributed by atoms with Crippen molar-refractivity contribution in [3.8, 4) is 5.88 Å². The van der Waals surface area contributed by atoms with Gasteiger partial charge in [0.25, 0.3) is 0 Å². The molecule has 0 bridgehead atoms. The number of nitrogens with two attached hydrogens (primary N) is 1. The molecule has 0 amide bonds. The van der Waals surface area contributed by atoms with E-state index in [2.05, 4.69) is 40.9 Å². The molecule has 5 N–H and O–H groups in total. The van der Waals surface area contributed by atoms with Crippen LogP contribution in [0.25, 0.3) is 0 Å². The van der Waals surface area contributed by atoms with Crippen LogP contribution < -0.4 is 26.0 Å². The Hall–Kier alpha value is -3.06. The molecule has 0 radical (unpaired) electrons. The smallest absolute Gasteiger partial charge is 0.217 e. The summed E-state index contributed by atoms with van der Waals surface area (Å²) in [5.74, 6) is 1.10. The van der Waals surface area contributed by atoms with E-state index in [-0.39, 0.29) is 6.17 Å². The first-order valence-corrected chi connectivity index (χ1v) is 12.8. The second-order valence-electron chi connectivity index (χ2n) is 7.88. The number of nitrogen functional groups attached to an aromatic ring is 1. The van der Waals surface area contributed by atoms with Gasteiger partial charge in [0.05, 0.1) is 12.8 Å². The van der Waals surface area contributed by atoms with Crippen molar-refractivity contribution in [2.75, 3.05) is 36.9 Å². The van der Waals surface area contributed by atoms with Gasteiger partial charge in [-0.05, 0) is 44.9 Å². The molecule has 1 atom stereocenters. The highest BCUT2D eigenvalue weighted by Gasteiger charge is 2.09. The highest BCUT2D eigenvalue weighted by atomic mass is 16.5. The van der Waals surface area contributed by atoms with E-state index < -0.39 is 0 Å². The molecule has 2 rings (SSSR count). The third-order valence-electron chi connectivity index (χ3n) is 4.76. The van der Waals surface area contributed by atoms with Crippen LogP contribution in [0.4, 0.5) is 11.5 Å². The van der Waals surface area contributed by atoms with Crippen LogP contribution in [0, 0.1) is 12.3 Å². The lowest BCUT2D eigenvalue weighted by Crippen LogP contribution is -2.37. The SMILES string of the molecule is C=CNC(C)NCCCOc1cc(N(CCC)CCC)cc(N)n1.CC.Cc1cccc(C=N)c1. The predicted octanol–water partition coefficient (Wildman–Crippen LogP) is 5.75. The highest BCUT2D eigenvalue weighted by molar-refractivity contribution is 5.76. The van der Waals surface area contributed by atoms with E-state index in [9.17, 15) is 0 Å². The summed E-state index contributed by atoms with van der Waals surface area (Å²) in [6.07, 6.45) is 6.33. The molecule has 0 aliphatic heterocycles. The molecule has 1 heterocycles. The molecule has 1 aromatic carbocycles. The van der Waals surface area contributed by atoms with E-state index in [1.807, 2.05) is 64.1 Å². The first kappa shape index (κ1) is 31.9. The normalized spacial score (nSPS) is 10.6. The number of rotatable bonds is 14. The van der Waals surface area contributed by atoms with Crippen LogP contribution in [0.2, 0.25) is 0 Å². The van der Waals surface area contributed by atoms with E-state index in [1.165, 1.54) is 11.8 Å². The number of ether oxygens (including phenoxy) is 1. The molecule has 7 nitrogen and oxygen atoms in total. The van der Waals surface area contributed by atoms with Gasteiger partial charge in [0, 0.05) is 43.7 Å².